The molecule has 1 aromatic carbocycles. The molecule has 0 aromatic heterocycles. The molecular formula is C13H21N. The fraction of sp³-hybridized carbons (Fsp3) is 0.538. The molecule has 0 bridgehead atoms. The van der Waals surface area contributed by atoms with Gasteiger partial charge < -0.3 is 4.90 Å². The van der Waals surface area contributed by atoms with Crippen molar-refractivity contribution in [2.24, 2.45) is 0 Å². The Morgan fingerprint density at radius 3 is 2.00 bits per heavy atom. The van der Waals surface area contributed by atoms with Crippen LogP contribution in [0.2, 0.25) is 0 Å². The maximum atomic E-state index is 2.26. The molecule has 1 nitrogen and oxygen atoms in total. The maximum absolute atomic E-state index is 2.26. The fourth-order valence-electron chi connectivity index (χ4n) is 1.86. The van der Waals surface area contributed by atoms with Gasteiger partial charge in [-0.05, 0) is 23.5 Å². The monoisotopic (exact) mass is 191 g/mol. The van der Waals surface area contributed by atoms with Gasteiger partial charge >= 0.3 is 0 Å². The molecule has 0 heterocycles. The summed E-state index contributed by atoms with van der Waals surface area (Å²) < 4.78 is 0. The zero-order valence-electron chi connectivity index (χ0n) is 10.2. The minimum Gasteiger partial charge on any atom is -0.377 e. The van der Waals surface area contributed by atoms with Gasteiger partial charge in [-0.2, -0.15) is 0 Å². The Balaban J connectivity index is 3.36. The minimum absolute atomic E-state index is 0.214. The zero-order chi connectivity index (χ0) is 10.9. The fourth-order valence-corrected chi connectivity index (χ4v) is 1.86. The summed E-state index contributed by atoms with van der Waals surface area (Å²) in [6.07, 6.45) is 0. The van der Waals surface area contributed by atoms with E-state index in [1.165, 1.54) is 16.8 Å². The number of aryl methyl sites for hydroxylation is 1. The van der Waals surface area contributed by atoms with Crippen molar-refractivity contribution in [3.8, 4) is 0 Å². The van der Waals surface area contributed by atoms with E-state index in [2.05, 4.69) is 64.9 Å². The molecule has 0 atom stereocenters. The van der Waals surface area contributed by atoms with E-state index in [0.717, 1.165) is 0 Å². The normalized spacial score (nSPS) is 11.6. The van der Waals surface area contributed by atoms with Crippen LogP contribution in [0.3, 0.4) is 0 Å². The molecule has 1 heteroatoms. The molecule has 0 N–H and O–H groups in total. The second kappa shape index (κ2) is 3.64. The van der Waals surface area contributed by atoms with Gasteiger partial charge in [0.1, 0.15) is 0 Å². The van der Waals surface area contributed by atoms with Crippen molar-refractivity contribution in [2.75, 3.05) is 19.0 Å². The number of rotatable bonds is 1. The number of hydrogen-bond donors (Lipinski definition) is 0. The smallest absolute Gasteiger partial charge is 0.0428 e. The minimum atomic E-state index is 0.214. The second-order valence-corrected chi connectivity index (χ2v) is 5.12. The summed E-state index contributed by atoms with van der Waals surface area (Å²) in [5.41, 5.74) is 4.34. The third-order valence-electron chi connectivity index (χ3n) is 2.49. The first-order valence-corrected chi connectivity index (χ1v) is 5.11. The summed E-state index contributed by atoms with van der Waals surface area (Å²) in [5, 5.41) is 0. The molecular weight excluding hydrogens is 170 g/mol. The molecule has 0 radical (unpaired) electrons. The lowest BCUT2D eigenvalue weighted by Crippen LogP contribution is -2.20. The van der Waals surface area contributed by atoms with E-state index >= 15 is 0 Å². The molecule has 78 valence electrons. The first kappa shape index (κ1) is 11.1. The Labute approximate surface area is 87.7 Å². The number of anilines is 1. The van der Waals surface area contributed by atoms with Crippen molar-refractivity contribution < 1.29 is 0 Å². The highest BCUT2D eigenvalue weighted by atomic mass is 15.1. The van der Waals surface area contributed by atoms with Crippen LogP contribution in [-0.2, 0) is 5.41 Å². The second-order valence-electron chi connectivity index (χ2n) is 5.12. The van der Waals surface area contributed by atoms with Crippen LogP contribution >= 0.6 is 0 Å². The van der Waals surface area contributed by atoms with Crippen LogP contribution in [0.25, 0.3) is 0 Å². The van der Waals surface area contributed by atoms with E-state index in [1.807, 2.05) is 0 Å². The Kier molecular flexibility index (Phi) is 2.89. The summed E-state index contributed by atoms with van der Waals surface area (Å²) in [4.78, 5) is 2.20. The molecule has 0 aliphatic carbocycles. The molecule has 1 rings (SSSR count). The largest absolute Gasteiger partial charge is 0.377 e. The molecule has 0 spiro atoms. The van der Waals surface area contributed by atoms with Gasteiger partial charge in [-0.3, -0.25) is 0 Å². The SMILES string of the molecule is Cc1cccc(C(C)(C)C)c1N(C)C. The van der Waals surface area contributed by atoms with Gasteiger partial charge in [-0.15, -0.1) is 0 Å². The highest BCUT2D eigenvalue weighted by Gasteiger charge is 2.19. The third-order valence-corrected chi connectivity index (χ3v) is 2.49. The molecule has 0 amide bonds. The molecule has 0 aliphatic rings. The van der Waals surface area contributed by atoms with E-state index in [4.69, 9.17) is 0 Å². The third kappa shape index (κ3) is 2.09. The highest BCUT2D eigenvalue weighted by molar-refractivity contribution is 5.60. The van der Waals surface area contributed by atoms with Gasteiger partial charge in [0, 0.05) is 19.8 Å². The summed E-state index contributed by atoms with van der Waals surface area (Å²) in [5.74, 6) is 0. The van der Waals surface area contributed by atoms with E-state index in [1.54, 1.807) is 0 Å². The van der Waals surface area contributed by atoms with Crippen LogP contribution < -0.4 is 4.90 Å². The van der Waals surface area contributed by atoms with Gasteiger partial charge in [-0.1, -0.05) is 39.0 Å². The van der Waals surface area contributed by atoms with Gasteiger partial charge in [-0.25, -0.2) is 0 Å². The van der Waals surface area contributed by atoms with Crippen molar-refractivity contribution in [2.45, 2.75) is 33.1 Å². The van der Waals surface area contributed by atoms with Gasteiger partial charge in [0.05, 0.1) is 0 Å². The number of nitrogens with zero attached hydrogens (tertiary/aromatic N) is 1. The zero-order valence-corrected chi connectivity index (χ0v) is 10.2. The van der Waals surface area contributed by atoms with E-state index < -0.39 is 0 Å². The van der Waals surface area contributed by atoms with Crippen LogP contribution in [0.5, 0.6) is 0 Å². The first-order valence-electron chi connectivity index (χ1n) is 5.11. The van der Waals surface area contributed by atoms with Crippen LogP contribution in [-0.4, -0.2) is 14.1 Å². The Morgan fingerprint density at radius 2 is 1.64 bits per heavy atom. The summed E-state index contributed by atoms with van der Waals surface area (Å²) in [7, 11) is 4.22. The number of para-hydroxylation sites is 1. The molecule has 0 saturated carbocycles. The standard InChI is InChI=1S/C13H21N/c1-10-8-7-9-11(13(2,3)4)12(10)14(5)6/h7-9H,1-6H3. The molecule has 0 aliphatic heterocycles. The highest BCUT2D eigenvalue weighted by Crippen LogP contribution is 2.33. The van der Waals surface area contributed by atoms with Crippen LogP contribution in [0.1, 0.15) is 31.9 Å². The molecule has 14 heavy (non-hydrogen) atoms. The van der Waals surface area contributed by atoms with Gasteiger partial charge in [0.15, 0.2) is 0 Å². The maximum Gasteiger partial charge on any atom is 0.0428 e. The molecule has 1 aromatic rings. The Bertz CT molecular complexity index is 318. The van der Waals surface area contributed by atoms with Gasteiger partial charge in [0.2, 0.25) is 0 Å². The summed E-state index contributed by atoms with van der Waals surface area (Å²) in [6, 6.07) is 6.54. The molecule has 0 fully saturated rings. The van der Waals surface area contributed by atoms with Crippen molar-refractivity contribution in [3.63, 3.8) is 0 Å². The number of benzene rings is 1. The van der Waals surface area contributed by atoms with Crippen molar-refractivity contribution in [1.29, 1.82) is 0 Å². The number of hydrogen-bond acceptors (Lipinski definition) is 1. The van der Waals surface area contributed by atoms with Crippen molar-refractivity contribution >= 4 is 5.69 Å². The van der Waals surface area contributed by atoms with Gasteiger partial charge in [0.25, 0.3) is 0 Å². The summed E-state index contributed by atoms with van der Waals surface area (Å²) >= 11 is 0. The van der Waals surface area contributed by atoms with E-state index in [0.29, 0.717) is 0 Å². The van der Waals surface area contributed by atoms with E-state index in [9.17, 15) is 0 Å². The lowest BCUT2D eigenvalue weighted by molar-refractivity contribution is 0.589. The van der Waals surface area contributed by atoms with Crippen LogP contribution in [0.15, 0.2) is 18.2 Å². The van der Waals surface area contributed by atoms with Crippen LogP contribution in [0.4, 0.5) is 5.69 Å². The Hall–Kier alpha value is -0.980. The first-order chi connectivity index (χ1) is 6.34. The topological polar surface area (TPSA) is 3.24 Å². The predicted molar refractivity (Wildman–Crippen MR) is 64.2 cm³/mol. The lowest BCUT2D eigenvalue weighted by Gasteiger charge is -2.28. The average Bonchev–Trinajstić information content (AvgIpc) is 2.01. The molecule has 0 unspecified atom stereocenters. The van der Waals surface area contributed by atoms with Crippen molar-refractivity contribution in [3.05, 3.63) is 29.3 Å². The van der Waals surface area contributed by atoms with E-state index in [-0.39, 0.29) is 5.41 Å². The molecule has 0 saturated heterocycles. The quantitative estimate of drug-likeness (QED) is 0.658. The van der Waals surface area contributed by atoms with Crippen LogP contribution in [0, 0.1) is 6.92 Å². The summed E-state index contributed by atoms with van der Waals surface area (Å²) in [6.45, 7) is 8.95. The lowest BCUT2D eigenvalue weighted by atomic mass is 9.84. The average molecular weight is 191 g/mol. The van der Waals surface area contributed by atoms with Crippen molar-refractivity contribution in [1.82, 2.24) is 0 Å². The Morgan fingerprint density at radius 1 is 1.07 bits per heavy atom. The predicted octanol–water partition coefficient (Wildman–Crippen LogP) is 3.36.